The number of aromatic carboxylic acids is 1. The van der Waals surface area contributed by atoms with E-state index in [1.54, 1.807) is 0 Å². The third-order valence-electron chi connectivity index (χ3n) is 6.92. The summed E-state index contributed by atoms with van der Waals surface area (Å²) in [5, 5.41) is 18.7. The van der Waals surface area contributed by atoms with Gasteiger partial charge in [-0.2, -0.15) is 5.10 Å². The average molecular weight is 475 g/mol. The van der Waals surface area contributed by atoms with Crippen molar-refractivity contribution in [2.45, 2.75) is 31.2 Å². The molecule has 1 unspecified atom stereocenters. The van der Waals surface area contributed by atoms with E-state index in [4.69, 9.17) is 4.74 Å². The Bertz CT molecular complexity index is 1250. The highest BCUT2D eigenvalue weighted by Crippen LogP contribution is 2.44. The number of carbonyl (C=O) groups excluding carboxylic acids is 2. The molecule has 0 saturated heterocycles. The molecule has 5 rings (SSSR count). The standard InChI is InChI=1S/C26H26N4O5/c1-30-23(25(32)33)21(13-27-30)28-24(31)22(15-7-6-8-15)29-26(34)35-14-20-18-11-4-2-9-16(18)17-10-3-5-12-19(17)20/h2-5,9-13,15,20,22H,6-8,14H2,1H3,(H,28,31)(H,29,34)(H,32,33). The molecular formula is C26H26N4O5. The lowest BCUT2D eigenvalue weighted by Gasteiger charge is -2.33. The molecule has 2 amide bonds. The smallest absolute Gasteiger partial charge is 0.407 e. The molecule has 1 heterocycles. The lowest BCUT2D eigenvalue weighted by Crippen LogP contribution is -2.50. The van der Waals surface area contributed by atoms with Crippen molar-refractivity contribution >= 4 is 23.7 Å². The topological polar surface area (TPSA) is 123 Å². The van der Waals surface area contributed by atoms with E-state index in [2.05, 4.69) is 27.9 Å². The molecule has 0 aliphatic heterocycles. The van der Waals surface area contributed by atoms with Gasteiger partial charge in [0.05, 0.1) is 11.9 Å². The zero-order valence-electron chi connectivity index (χ0n) is 19.2. The number of nitrogens with zero attached hydrogens (tertiary/aromatic N) is 2. The van der Waals surface area contributed by atoms with Gasteiger partial charge in [-0.05, 0) is 41.0 Å². The summed E-state index contributed by atoms with van der Waals surface area (Å²) in [6.45, 7) is 0.143. The summed E-state index contributed by atoms with van der Waals surface area (Å²) in [6, 6.07) is 15.3. The number of aromatic nitrogens is 2. The second-order valence-electron chi connectivity index (χ2n) is 8.96. The molecule has 35 heavy (non-hydrogen) atoms. The number of rotatable bonds is 7. The number of anilines is 1. The molecule has 180 valence electrons. The SMILES string of the molecule is Cn1ncc(NC(=O)C(NC(=O)OCC2c3ccccc3-c3ccccc32)C2CCC2)c1C(=O)O. The van der Waals surface area contributed by atoms with Crippen LogP contribution in [-0.4, -0.2) is 45.5 Å². The largest absolute Gasteiger partial charge is 0.476 e. The Morgan fingerprint density at radius 2 is 1.71 bits per heavy atom. The maximum Gasteiger partial charge on any atom is 0.407 e. The molecule has 0 bridgehead atoms. The van der Waals surface area contributed by atoms with Crippen molar-refractivity contribution in [3.63, 3.8) is 0 Å². The number of benzene rings is 2. The fraction of sp³-hybridized carbons (Fsp3) is 0.308. The Hall–Kier alpha value is -4.14. The van der Waals surface area contributed by atoms with Crippen LogP contribution in [0.3, 0.4) is 0 Å². The third kappa shape index (κ3) is 4.25. The number of hydrogen-bond acceptors (Lipinski definition) is 5. The van der Waals surface area contributed by atoms with Crippen LogP contribution in [0, 0.1) is 5.92 Å². The fourth-order valence-corrected chi connectivity index (χ4v) is 4.93. The van der Waals surface area contributed by atoms with Crippen molar-refractivity contribution in [1.82, 2.24) is 15.1 Å². The van der Waals surface area contributed by atoms with Gasteiger partial charge in [-0.25, -0.2) is 9.59 Å². The fourth-order valence-electron chi connectivity index (χ4n) is 4.93. The predicted molar refractivity (Wildman–Crippen MR) is 128 cm³/mol. The second-order valence-corrected chi connectivity index (χ2v) is 8.96. The maximum atomic E-state index is 13.0. The Morgan fingerprint density at radius 3 is 2.29 bits per heavy atom. The number of carboxylic acids is 1. The summed E-state index contributed by atoms with van der Waals surface area (Å²) in [5.74, 6) is -1.82. The molecule has 2 aliphatic carbocycles. The normalized spacial score (nSPS) is 15.5. The average Bonchev–Trinajstić information content (AvgIpc) is 3.33. The van der Waals surface area contributed by atoms with Crippen LogP contribution in [0.4, 0.5) is 10.5 Å². The first-order chi connectivity index (χ1) is 16.9. The van der Waals surface area contributed by atoms with Gasteiger partial charge in [-0.1, -0.05) is 55.0 Å². The van der Waals surface area contributed by atoms with Crippen LogP contribution in [0.25, 0.3) is 11.1 Å². The first-order valence-corrected chi connectivity index (χ1v) is 11.6. The summed E-state index contributed by atoms with van der Waals surface area (Å²) >= 11 is 0. The Labute approximate surface area is 202 Å². The van der Waals surface area contributed by atoms with Crippen molar-refractivity contribution in [3.8, 4) is 11.1 Å². The van der Waals surface area contributed by atoms with E-state index in [0.29, 0.717) is 0 Å². The van der Waals surface area contributed by atoms with Crippen LogP contribution in [0.2, 0.25) is 0 Å². The maximum absolute atomic E-state index is 13.0. The zero-order chi connectivity index (χ0) is 24.5. The molecule has 3 aromatic rings. The minimum Gasteiger partial charge on any atom is -0.476 e. The molecule has 0 radical (unpaired) electrons. The van der Waals surface area contributed by atoms with E-state index in [0.717, 1.165) is 41.5 Å². The summed E-state index contributed by atoms with van der Waals surface area (Å²) in [5.41, 5.74) is 4.43. The first kappa shape index (κ1) is 22.6. The van der Waals surface area contributed by atoms with Crippen LogP contribution < -0.4 is 10.6 Å². The summed E-state index contributed by atoms with van der Waals surface area (Å²) in [4.78, 5) is 37.4. The molecule has 9 nitrogen and oxygen atoms in total. The van der Waals surface area contributed by atoms with Gasteiger partial charge in [-0.3, -0.25) is 9.48 Å². The van der Waals surface area contributed by atoms with Gasteiger partial charge < -0.3 is 20.5 Å². The minimum absolute atomic E-state index is 0.0413. The number of carbonyl (C=O) groups is 3. The van der Waals surface area contributed by atoms with Crippen molar-refractivity contribution in [2.75, 3.05) is 11.9 Å². The van der Waals surface area contributed by atoms with Gasteiger partial charge in [-0.15, -0.1) is 0 Å². The lowest BCUT2D eigenvalue weighted by molar-refractivity contribution is -0.120. The molecule has 2 aliphatic rings. The zero-order valence-corrected chi connectivity index (χ0v) is 19.2. The van der Waals surface area contributed by atoms with Crippen molar-refractivity contribution < 1.29 is 24.2 Å². The van der Waals surface area contributed by atoms with E-state index in [-0.39, 0.29) is 29.8 Å². The molecular weight excluding hydrogens is 448 g/mol. The van der Waals surface area contributed by atoms with Gasteiger partial charge in [0.25, 0.3) is 0 Å². The van der Waals surface area contributed by atoms with Crippen LogP contribution in [-0.2, 0) is 16.6 Å². The summed E-state index contributed by atoms with van der Waals surface area (Å²) in [6.07, 6.45) is 3.16. The highest BCUT2D eigenvalue weighted by Gasteiger charge is 2.36. The van der Waals surface area contributed by atoms with E-state index in [9.17, 15) is 19.5 Å². The summed E-state index contributed by atoms with van der Waals surface area (Å²) in [7, 11) is 1.48. The number of aryl methyl sites for hydroxylation is 1. The molecule has 1 fully saturated rings. The Morgan fingerprint density at radius 1 is 1.09 bits per heavy atom. The number of amides is 2. The molecule has 3 N–H and O–H groups in total. The van der Waals surface area contributed by atoms with Crippen molar-refractivity contribution in [2.24, 2.45) is 13.0 Å². The van der Waals surface area contributed by atoms with Crippen LogP contribution in [0.1, 0.15) is 46.8 Å². The molecule has 1 aromatic heterocycles. The molecule has 9 heteroatoms. The molecule has 0 spiro atoms. The minimum atomic E-state index is -1.20. The molecule has 1 saturated carbocycles. The number of alkyl carbamates (subject to hydrolysis) is 1. The Balaban J connectivity index is 1.27. The highest BCUT2D eigenvalue weighted by atomic mass is 16.5. The van der Waals surface area contributed by atoms with Crippen LogP contribution >= 0.6 is 0 Å². The number of fused-ring (bicyclic) bond motifs is 3. The van der Waals surface area contributed by atoms with Crippen molar-refractivity contribution in [1.29, 1.82) is 0 Å². The Kier molecular flexibility index (Phi) is 5.98. The number of hydrogen-bond donors (Lipinski definition) is 3. The van der Waals surface area contributed by atoms with Crippen LogP contribution in [0.15, 0.2) is 54.7 Å². The van der Waals surface area contributed by atoms with E-state index in [1.165, 1.54) is 17.9 Å². The summed E-state index contributed by atoms with van der Waals surface area (Å²) < 4.78 is 6.79. The van der Waals surface area contributed by atoms with Gasteiger partial charge in [0, 0.05) is 13.0 Å². The van der Waals surface area contributed by atoms with Gasteiger partial charge in [0.1, 0.15) is 12.6 Å². The van der Waals surface area contributed by atoms with E-state index < -0.39 is 24.0 Å². The van der Waals surface area contributed by atoms with Gasteiger partial charge >= 0.3 is 12.1 Å². The third-order valence-corrected chi connectivity index (χ3v) is 6.92. The number of ether oxygens (including phenoxy) is 1. The first-order valence-electron chi connectivity index (χ1n) is 11.6. The number of nitrogens with one attached hydrogen (secondary N) is 2. The quantitative estimate of drug-likeness (QED) is 0.479. The van der Waals surface area contributed by atoms with E-state index in [1.807, 2.05) is 36.4 Å². The lowest BCUT2D eigenvalue weighted by atomic mass is 9.79. The predicted octanol–water partition coefficient (Wildman–Crippen LogP) is 3.76. The number of carboxylic acid groups (broad SMARTS) is 1. The van der Waals surface area contributed by atoms with Crippen molar-refractivity contribution in [3.05, 3.63) is 71.5 Å². The highest BCUT2D eigenvalue weighted by molar-refractivity contribution is 6.02. The van der Waals surface area contributed by atoms with Crippen LogP contribution in [0.5, 0.6) is 0 Å². The second kappa shape index (κ2) is 9.25. The monoisotopic (exact) mass is 474 g/mol. The molecule has 1 atom stereocenters. The van der Waals surface area contributed by atoms with Gasteiger partial charge in [0.15, 0.2) is 5.69 Å². The van der Waals surface area contributed by atoms with E-state index >= 15 is 0 Å². The van der Waals surface area contributed by atoms with Gasteiger partial charge in [0.2, 0.25) is 5.91 Å². The molecule has 2 aromatic carbocycles.